The molecule has 9 aromatic carbocycles. The van der Waals surface area contributed by atoms with E-state index in [4.69, 9.17) is 5.48 Å². The standard InChI is InChI=1S/C46H30/c1-2-13-31(14-3-1)37-29-30-44(39-19-7-6-18-38(37)39)46-42-22-10-8-20-40(42)45(41-21-9-11-23-43(41)46)34-27-25-33(26-28-34)36-24-12-16-32-15-4-5-17-35(32)36/h1-30H/i8D,9D,10D,11D,20D,21D,22D,23D. The molecular weight excluding hydrogens is 553 g/mol. The van der Waals surface area contributed by atoms with Gasteiger partial charge in [-0.1, -0.05) is 182 Å². The average Bonchev–Trinajstić information content (AvgIpc) is 3.22. The minimum absolute atomic E-state index is 0.197. The van der Waals surface area contributed by atoms with E-state index in [1.807, 2.05) is 109 Å². The molecule has 0 saturated heterocycles. The topological polar surface area (TPSA) is 0 Å². The number of fused-ring (bicyclic) bond motifs is 4. The van der Waals surface area contributed by atoms with Gasteiger partial charge in [0.25, 0.3) is 0 Å². The predicted molar refractivity (Wildman–Crippen MR) is 198 cm³/mol. The fraction of sp³-hybridized carbons (Fsp3) is 0. The Balaban J connectivity index is 1.44. The minimum atomic E-state index is -0.420. The molecule has 0 unspecified atom stereocenters. The van der Waals surface area contributed by atoms with Gasteiger partial charge in [-0.25, -0.2) is 0 Å². The second-order valence-corrected chi connectivity index (χ2v) is 11.4. The van der Waals surface area contributed by atoms with Crippen molar-refractivity contribution in [1.82, 2.24) is 0 Å². The Hall–Kier alpha value is -5.98. The third-order valence-electron chi connectivity index (χ3n) is 8.93. The summed E-state index contributed by atoms with van der Waals surface area (Å²) >= 11 is 0. The lowest BCUT2D eigenvalue weighted by Crippen LogP contribution is -1.92. The second-order valence-electron chi connectivity index (χ2n) is 11.4. The van der Waals surface area contributed by atoms with Gasteiger partial charge in [-0.05, 0) is 87.6 Å². The summed E-state index contributed by atoms with van der Waals surface area (Å²) < 4.78 is 72.8. The van der Waals surface area contributed by atoms with Crippen LogP contribution < -0.4 is 0 Å². The van der Waals surface area contributed by atoms with Crippen molar-refractivity contribution in [3.63, 3.8) is 0 Å². The maximum absolute atomic E-state index is 9.40. The summed E-state index contributed by atoms with van der Waals surface area (Å²) in [5.74, 6) is 0. The third kappa shape index (κ3) is 4.23. The molecule has 0 saturated carbocycles. The van der Waals surface area contributed by atoms with Crippen molar-refractivity contribution in [3.8, 4) is 44.5 Å². The lowest BCUT2D eigenvalue weighted by molar-refractivity contribution is 1.63. The summed E-state index contributed by atoms with van der Waals surface area (Å²) in [4.78, 5) is 0. The van der Waals surface area contributed by atoms with Crippen molar-refractivity contribution in [1.29, 1.82) is 0 Å². The predicted octanol–water partition coefficient (Wildman–Crippen LogP) is 13.0. The van der Waals surface area contributed by atoms with Crippen molar-refractivity contribution in [3.05, 3.63) is 182 Å². The van der Waals surface area contributed by atoms with E-state index < -0.39 is 24.2 Å². The zero-order chi connectivity index (χ0) is 37.4. The van der Waals surface area contributed by atoms with E-state index in [2.05, 4.69) is 24.3 Å². The first-order valence-corrected chi connectivity index (χ1v) is 15.3. The van der Waals surface area contributed by atoms with Crippen LogP contribution in [0.2, 0.25) is 0 Å². The van der Waals surface area contributed by atoms with E-state index in [1.165, 1.54) is 0 Å². The van der Waals surface area contributed by atoms with Crippen LogP contribution in [-0.4, -0.2) is 0 Å². The third-order valence-corrected chi connectivity index (χ3v) is 8.93. The first kappa shape index (κ1) is 19.4. The van der Waals surface area contributed by atoms with Gasteiger partial charge in [0.05, 0.1) is 11.0 Å². The van der Waals surface area contributed by atoms with Crippen LogP contribution in [-0.2, 0) is 0 Å². The van der Waals surface area contributed by atoms with Gasteiger partial charge in [0.2, 0.25) is 0 Å². The Morgan fingerprint density at radius 3 is 1.41 bits per heavy atom. The molecule has 214 valence electrons. The molecule has 0 spiro atoms. The molecule has 0 aliphatic rings. The van der Waals surface area contributed by atoms with E-state index in [0.717, 1.165) is 43.8 Å². The fourth-order valence-electron chi connectivity index (χ4n) is 6.86. The molecule has 0 heteroatoms. The molecule has 0 amide bonds. The highest BCUT2D eigenvalue weighted by atomic mass is 14.2. The van der Waals surface area contributed by atoms with Gasteiger partial charge in [0.15, 0.2) is 0 Å². The van der Waals surface area contributed by atoms with Crippen molar-refractivity contribution in [2.24, 2.45) is 0 Å². The Kier molecular flexibility index (Phi) is 4.59. The molecule has 9 rings (SSSR count). The lowest BCUT2D eigenvalue weighted by Gasteiger charge is -2.20. The first-order chi connectivity index (χ1) is 26.2. The summed E-state index contributed by atoms with van der Waals surface area (Å²) in [6.45, 7) is 0. The number of rotatable bonds is 4. The molecule has 0 heterocycles. The van der Waals surface area contributed by atoms with Crippen molar-refractivity contribution in [2.45, 2.75) is 0 Å². The minimum Gasteiger partial charge on any atom is -0.0622 e. The van der Waals surface area contributed by atoms with Crippen molar-refractivity contribution < 1.29 is 11.0 Å². The summed E-state index contributed by atoms with van der Waals surface area (Å²) in [5.41, 5.74) is 5.78. The van der Waals surface area contributed by atoms with Gasteiger partial charge in [0, 0.05) is 0 Å². The Labute approximate surface area is 280 Å². The van der Waals surface area contributed by atoms with Crippen LogP contribution in [0.25, 0.3) is 87.6 Å². The van der Waals surface area contributed by atoms with Crippen LogP contribution in [0.1, 0.15) is 11.0 Å². The molecule has 0 nitrogen and oxygen atoms in total. The van der Waals surface area contributed by atoms with Gasteiger partial charge in [-0.15, -0.1) is 0 Å². The van der Waals surface area contributed by atoms with Gasteiger partial charge < -0.3 is 0 Å². The van der Waals surface area contributed by atoms with Crippen LogP contribution in [0.15, 0.2) is 182 Å². The molecular formula is C46H30. The van der Waals surface area contributed by atoms with E-state index >= 15 is 0 Å². The highest BCUT2D eigenvalue weighted by Crippen LogP contribution is 2.46. The molecule has 0 aliphatic carbocycles. The molecule has 46 heavy (non-hydrogen) atoms. The van der Waals surface area contributed by atoms with Crippen molar-refractivity contribution in [2.75, 3.05) is 0 Å². The van der Waals surface area contributed by atoms with Crippen molar-refractivity contribution >= 4 is 43.1 Å². The van der Waals surface area contributed by atoms with Crippen LogP contribution in [0.4, 0.5) is 0 Å². The zero-order valence-electron chi connectivity index (χ0n) is 32.7. The van der Waals surface area contributed by atoms with Gasteiger partial charge in [-0.3, -0.25) is 0 Å². The smallest absolute Gasteiger partial charge is 0.0622 e. The molecule has 0 radical (unpaired) electrons. The summed E-state index contributed by atoms with van der Waals surface area (Å²) in [6.07, 6.45) is 0. The van der Waals surface area contributed by atoms with Gasteiger partial charge in [0.1, 0.15) is 0 Å². The highest BCUT2D eigenvalue weighted by molar-refractivity contribution is 6.24. The summed E-state index contributed by atoms with van der Waals surface area (Å²) in [6, 6.07) is 40.7. The first-order valence-electron chi connectivity index (χ1n) is 19.3. The van der Waals surface area contributed by atoms with E-state index in [1.54, 1.807) is 0 Å². The van der Waals surface area contributed by atoms with E-state index in [0.29, 0.717) is 22.3 Å². The average molecular weight is 591 g/mol. The Morgan fingerprint density at radius 1 is 0.283 bits per heavy atom. The fourth-order valence-corrected chi connectivity index (χ4v) is 6.86. The lowest BCUT2D eigenvalue weighted by atomic mass is 9.83. The van der Waals surface area contributed by atoms with Gasteiger partial charge in [-0.2, -0.15) is 0 Å². The quantitative estimate of drug-likeness (QED) is 0.179. The van der Waals surface area contributed by atoms with Crippen LogP contribution in [0.5, 0.6) is 0 Å². The number of hydrogen-bond donors (Lipinski definition) is 0. The normalized spacial score (nSPS) is 13.9. The van der Waals surface area contributed by atoms with E-state index in [9.17, 15) is 5.48 Å². The maximum atomic E-state index is 9.40. The molecule has 0 fully saturated rings. The number of benzene rings is 9. The molecule has 0 N–H and O–H groups in total. The van der Waals surface area contributed by atoms with Crippen LogP contribution in [0, 0.1) is 0 Å². The second kappa shape index (κ2) is 10.9. The molecule has 0 atom stereocenters. The highest BCUT2D eigenvalue weighted by Gasteiger charge is 2.19. The van der Waals surface area contributed by atoms with Gasteiger partial charge >= 0.3 is 0 Å². The van der Waals surface area contributed by atoms with E-state index in [-0.39, 0.29) is 45.7 Å². The summed E-state index contributed by atoms with van der Waals surface area (Å²) in [7, 11) is 0. The molecule has 9 aromatic rings. The Bertz CT molecular complexity index is 2920. The SMILES string of the molecule is [2H]c1c([2H])c([2H])c2c(-c3ccc(-c4ccccc4)c4ccccc34)c3c([2H])c([2H])c([2H])c([2H])c3c(-c3ccc(-c4cccc5ccccc45)cc3)c2c1[2H]. The molecule has 0 bridgehead atoms. The zero-order valence-corrected chi connectivity index (χ0v) is 24.7. The number of hydrogen-bond acceptors (Lipinski definition) is 0. The van der Waals surface area contributed by atoms with Crippen LogP contribution in [0.3, 0.4) is 0 Å². The Morgan fingerprint density at radius 2 is 0.739 bits per heavy atom. The molecule has 0 aromatic heterocycles. The van der Waals surface area contributed by atoms with Crippen LogP contribution >= 0.6 is 0 Å². The summed E-state index contributed by atoms with van der Waals surface area (Å²) in [5, 5.41) is 4.66. The molecule has 0 aliphatic heterocycles. The largest absolute Gasteiger partial charge is 0.0629 e. The monoisotopic (exact) mass is 590 g/mol. The maximum Gasteiger partial charge on any atom is 0.0629 e.